The van der Waals surface area contributed by atoms with Gasteiger partial charge in [-0.3, -0.25) is 10.2 Å². The molecule has 0 aliphatic carbocycles. The molecule has 0 saturated carbocycles. The Balaban J connectivity index is 3.12. The number of hydrogen-bond acceptors (Lipinski definition) is 3. The lowest BCUT2D eigenvalue weighted by molar-refractivity contribution is 0.0953. The second-order valence-electron chi connectivity index (χ2n) is 2.66. The molecular weight excluding hydrogens is 182 g/mol. The second kappa shape index (κ2) is 4.27. The van der Waals surface area contributed by atoms with Crippen LogP contribution in [0.15, 0.2) is 23.3 Å². The standard InChI is InChI=1S/C8H9N5O/c1-5-4-6(8(14)11-9)2-3-7(5)12-13-10/h2-4H,9H2,1H3,(H,11,14). The molecule has 0 heterocycles. The van der Waals surface area contributed by atoms with Crippen molar-refractivity contribution in [1.29, 1.82) is 0 Å². The molecule has 0 fully saturated rings. The Morgan fingerprint density at radius 3 is 2.86 bits per heavy atom. The van der Waals surface area contributed by atoms with Gasteiger partial charge in [-0.1, -0.05) is 11.2 Å². The average Bonchev–Trinajstić information content (AvgIpc) is 2.20. The number of carbonyl (C=O) groups excluding carboxylic acids is 1. The van der Waals surface area contributed by atoms with Gasteiger partial charge in [-0.15, -0.1) is 0 Å². The highest BCUT2D eigenvalue weighted by molar-refractivity contribution is 5.94. The molecule has 3 N–H and O–H groups in total. The van der Waals surface area contributed by atoms with Gasteiger partial charge >= 0.3 is 0 Å². The van der Waals surface area contributed by atoms with Crippen LogP contribution in [0.1, 0.15) is 15.9 Å². The summed E-state index contributed by atoms with van der Waals surface area (Å²) < 4.78 is 0. The van der Waals surface area contributed by atoms with Crippen molar-refractivity contribution in [3.8, 4) is 0 Å². The predicted molar refractivity (Wildman–Crippen MR) is 51.6 cm³/mol. The monoisotopic (exact) mass is 191 g/mol. The largest absolute Gasteiger partial charge is 0.290 e. The number of nitrogen functional groups attached to an aromatic ring is 1. The van der Waals surface area contributed by atoms with Crippen LogP contribution < -0.4 is 11.3 Å². The Hall–Kier alpha value is -2.04. The van der Waals surface area contributed by atoms with Gasteiger partial charge in [0.1, 0.15) is 0 Å². The zero-order valence-corrected chi connectivity index (χ0v) is 7.56. The van der Waals surface area contributed by atoms with Crippen molar-refractivity contribution >= 4 is 11.6 Å². The van der Waals surface area contributed by atoms with Crippen molar-refractivity contribution in [3.63, 3.8) is 0 Å². The molecule has 0 saturated heterocycles. The number of nitrogens with zero attached hydrogens (tertiary/aromatic N) is 3. The molecule has 0 bridgehead atoms. The third kappa shape index (κ3) is 2.01. The van der Waals surface area contributed by atoms with Gasteiger partial charge in [-0.05, 0) is 30.2 Å². The van der Waals surface area contributed by atoms with Crippen molar-refractivity contribution in [3.05, 3.63) is 39.8 Å². The van der Waals surface area contributed by atoms with Crippen LogP contribution in [-0.2, 0) is 0 Å². The van der Waals surface area contributed by atoms with Crippen LogP contribution in [0.2, 0.25) is 0 Å². The van der Waals surface area contributed by atoms with E-state index in [1.165, 1.54) is 0 Å². The highest BCUT2D eigenvalue weighted by atomic mass is 16.2. The molecule has 0 aliphatic rings. The van der Waals surface area contributed by atoms with Gasteiger partial charge in [0.25, 0.3) is 5.91 Å². The average molecular weight is 191 g/mol. The molecule has 0 unspecified atom stereocenters. The van der Waals surface area contributed by atoms with Gasteiger partial charge in [0.05, 0.1) is 0 Å². The van der Waals surface area contributed by atoms with Crippen molar-refractivity contribution in [2.24, 2.45) is 11.0 Å². The zero-order chi connectivity index (χ0) is 10.6. The fraction of sp³-hybridized carbons (Fsp3) is 0.125. The first-order valence-corrected chi connectivity index (χ1v) is 3.85. The summed E-state index contributed by atoms with van der Waals surface area (Å²) in [5.41, 5.74) is 11.9. The molecule has 6 heteroatoms. The first kappa shape index (κ1) is 10.0. The maximum Gasteiger partial charge on any atom is 0.265 e. The lowest BCUT2D eigenvalue weighted by Crippen LogP contribution is -2.29. The van der Waals surface area contributed by atoms with Gasteiger partial charge in [-0.2, -0.15) is 0 Å². The molecule has 72 valence electrons. The number of hydrazine groups is 1. The Bertz CT molecular complexity index is 408. The smallest absolute Gasteiger partial charge is 0.265 e. The molecule has 1 rings (SSSR count). The minimum atomic E-state index is -0.374. The first-order chi connectivity index (χ1) is 6.69. The number of rotatable bonds is 2. The predicted octanol–water partition coefficient (Wildman–Crippen LogP) is 1.54. The van der Waals surface area contributed by atoms with E-state index in [1.54, 1.807) is 25.1 Å². The van der Waals surface area contributed by atoms with E-state index in [9.17, 15) is 4.79 Å². The minimum absolute atomic E-state index is 0.374. The lowest BCUT2D eigenvalue weighted by atomic mass is 10.1. The number of aryl methyl sites for hydroxylation is 1. The van der Waals surface area contributed by atoms with Crippen LogP contribution in [0.5, 0.6) is 0 Å². The molecular formula is C8H9N5O. The summed E-state index contributed by atoms with van der Waals surface area (Å²) in [6.45, 7) is 1.75. The van der Waals surface area contributed by atoms with E-state index >= 15 is 0 Å². The van der Waals surface area contributed by atoms with E-state index in [1.807, 2.05) is 5.43 Å². The van der Waals surface area contributed by atoms with Crippen molar-refractivity contribution < 1.29 is 4.79 Å². The third-order valence-electron chi connectivity index (χ3n) is 1.74. The molecule has 14 heavy (non-hydrogen) atoms. The van der Waals surface area contributed by atoms with Gasteiger partial charge in [0.2, 0.25) is 0 Å². The van der Waals surface area contributed by atoms with Crippen LogP contribution in [0.25, 0.3) is 10.4 Å². The molecule has 0 radical (unpaired) electrons. The number of amides is 1. The zero-order valence-electron chi connectivity index (χ0n) is 7.56. The summed E-state index contributed by atoms with van der Waals surface area (Å²) in [7, 11) is 0. The van der Waals surface area contributed by atoms with Crippen LogP contribution in [0, 0.1) is 6.92 Å². The molecule has 0 aliphatic heterocycles. The number of nitrogens with two attached hydrogens (primary N) is 1. The van der Waals surface area contributed by atoms with E-state index in [4.69, 9.17) is 11.4 Å². The molecule has 1 amide bonds. The Morgan fingerprint density at radius 1 is 1.64 bits per heavy atom. The molecule has 1 aromatic carbocycles. The van der Waals surface area contributed by atoms with Crippen LogP contribution in [0.3, 0.4) is 0 Å². The van der Waals surface area contributed by atoms with Crippen molar-refractivity contribution in [2.75, 3.05) is 0 Å². The summed E-state index contributed by atoms with van der Waals surface area (Å²) in [6.07, 6.45) is 0. The highest BCUT2D eigenvalue weighted by Crippen LogP contribution is 2.19. The molecule has 6 nitrogen and oxygen atoms in total. The minimum Gasteiger partial charge on any atom is -0.290 e. The lowest BCUT2D eigenvalue weighted by Gasteiger charge is -2.02. The molecule has 0 spiro atoms. The van der Waals surface area contributed by atoms with E-state index in [-0.39, 0.29) is 5.91 Å². The van der Waals surface area contributed by atoms with Gasteiger partial charge < -0.3 is 0 Å². The fourth-order valence-corrected chi connectivity index (χ4v) is 1.04. The van der Waals surface area contributed by atoms with E-state index < -0.39 is 0 Å². The van der Waals surface area contributed by atoms with Gasteiger partial charge in [0, 0.05) is 16.2 Å². The third-order valence-corrected chi connectivity index (χ3v) is 1.74. The van der Waals surface area contributed by atoms with E-state index in [0.717, 1.165) is 5.56 Å². The molecule has 1 aromatic rings. The SMILES string of the molecule is Cc1cc(C(=O)NN)ccc1N=[N+]=[N-]. The second-order valence-corrected chi connectivity index (χ2v) is 2.66. The summed E-state index contributed by atoms with van der Waals surface area (Å²) >= 11 is 0. The first-order valence-electron chi connectivity index (χ1n) is 3.85. The van der Waals surface area contributed by atoms with E-state index in [2.05, 4.69) is 10.0 Å². The van der Waals surface area contributed by atoms with Crippen molar-refractivity contribution in [2.45, 2.75) is 6.92 Å². The topological polar surface area (TPSA) is 104 Å². The van der Waals surface area contributed by atoms with Crippen LogP contribution >= 0.6 is 0 Å². The number of azide groups is 1. The summed E-state index contributed by atoms with van der Waals surface area (Å²) in [4.78, 5) is 13.8. The number of hydrogen-bond donors (Lipinski definition) is 2. The number of nitrogens with one attached hydrogen (secondary N) is 1. The van der Waals surface area contributed by atoms with Gasteiger partial charge in [-0.25, -0.2) is 5.84 Å². The molecule has 0 aromatic heterocycles. The summed E-state index contributed by atoms with van der Waals surface area (Å²) in [5, 5.41) is 3.45. The van der Waals surface area contributed by atoms with Crippen LogP contribution in [0.4, 0.5) is 5.69 Å². The summed E-state index contributed by atoms with van der Waals surface area (Å²) in [5.74, 6) is 4.59. The maximum absolute atomic E-state index is 11.1. The Kier molecular flexibility index (Phi) is 3.06. The normalized spacial score (nSPS) is 9.00. The highest BCUT2D eigenvalue weighted by Gasteiger charge is 2.04. The molecule has 0 atom stereocenters. The Labute approximate surface area is 80.3 Å². The fourth-order valence-electron chi connectivity index (χ4n) is 1.04. The number of benzene rings is 1. The number of carbonyl (C=O) groups is 1. The summed E-state index contributed by atoms with van der Waals surface area (Å²) in [6, 6.07) is 4.71. The van der Waals surface area contributed by atoms with Crippen LogP contribution in [-0.4, -0.2) is 5.91 Å². The Morgan fingerprint density at radius 2 is 2.36 bits per heavy atom. The maximum atomic E-state index is 11.1. The van der Waals surface area contributed by atoms with Gasteiger partial charge in [0.15, 0.2) is 0 Å². The van der Waals surface area contributed by atoms with E-state index in [0.29, 0.717) is 11.3 Å². The van der Waals surface area contributed by atoms with Crippen molar-refractivity contribution in [1.82, 2.24) is 5.43 Å². The quantitative estimate of drug-likeness (QED) is 0.185.